The summed E-state index contributed by atoms with van der Waals surface area (Å²) in [6.45, 7) is 2.16. The number of hydrogen-bond donors (Lipinski definition) is 1. The van der Waals surface area contributed by atoms with Crippen LogP contribution in [0.2, 0.25) is 0 Å². The summed E-state index contributed by atoms with van der Waals surface area (Å²) in [6, 6.07) is 4.03. The van der Waals surface area contributed by atoms with Crippen LogP contribution in [0, 0.1) is 11.8 Å². The van der Waals surface area contributed by atoms with Crippen LogP contribution in [-0.2, 0) is 17.8 Å². The molecular formula is C15H21N3O. The molecule has 1 fully saturated rings. The van der Waals surface area contributed by atoms with Gasteiger partial charge in [-0.2, -0.15) is 0 Å². The maximum absolute atomic E-state index is 12.6. The molecule has 2 N–H and O–H groups in total. The molecule has 19 heavy (non-hydrogen) atoms. The number of rotatable bonds is 2. The minimum atomic E-state index is 0.156. The van der Waals surface area contributed by atoms with Crippen LogP contribution in [0.25, 0.3) is 0 Å². The predicted octanol–water partition coefficient (Wildman–Crippen LogP) is 1.34. The van der Waals surface area contributed by atoms with E-state index in [1.807, 2.05) is 17.2 Å². The second kappa shape index (κ2) is 5.29. The molecular weight excluding hydrogens is 238 g/mol. The lowest BCUT2D eigenvalue weighted by atomic mass is 9.93. The van der Waals surface area contributed by atoms with Crippen LogP contribution in [0.15, 0.2) is 18.3 Å². The van der Waals surface area contributed by atoms with Crippen molar-refractivity contribution in [3.05, 3.63) is 29.6 Å². The molecule has 3 rings (SSSR count). The molecule has 1 amide bonds. The van der Waals surface area contributed by atoms with Crippen LogP contribution >= 0.6 is 0 Å². The molecule has 0 spiro atoms. The molecule has 0 aromatic carbocycles. The molecule has 1 saturated carbocycles. The van der Waals surface area contributed by atoms with Gasteiger partial charge in [-0.05, 0) is 36.9 Å². The number of carbonyl (C=O) groups excluding carboxylic acids is 1. The van der Waals surface area contributed by atoms with E-state index in [4.69, 9.17) is 5.73 Å². The molecule has 102 valence electrons. The minimum Gasteiger partial charge on any atom is -0.338 e. The highest BCUT2D eigenvalue weighted by Gasteiger charge is 2.35. The van der Waals surface area contributed by atoms with Crippen molar-refractivity contribution in [2.75, 3.05) is 13.1 Å². The molecule has 0 radical (unpaired) electrons. The monoisotopic (exact) mass is 259 g/mol. The second-order valence-electron chi connectivity index (χ2n) is 5.65. The SMILES string of the molecule is NCC1CCCC1C(=O)N1CCc2ncccc2C1. The van der Waals surface area contributed by atoms with Gasteiger partial charge in [-0.1, -0.05) is 12.5 Å². The van der Waals surface area contributed by atoms with Crippen LogP contribution in [-0.4, -0.2) is 28.9 Å². The van der Waals surface area contributed by atoms with Crippen LogP contribution in [0.3, 0.4) is 0 Å². The largest absolute Gasteiger partial charge is 0.338 e. The summed E-state index contributed by atoms with van der Waals surface area (Å²) in [6.07, 6.45) is 5.97. The lowest BCUT2D eigenvalue weighted by Gasteiger charge is -2.31. The number of amides is 1. The van der Waals surface area contributed by atoms with Crippen molar-refractivity contribution in [3.63, 3.8) is 0 Å². The van der Waals surface area contributed by atoms with Crippen LogP contribution in [0.5, 0.6) is 0 Å². The molecule has 2 aliphatic rings. The molecule has 1 aromatic heterocycles. The summed E-state index contributed by atoms with van der Waals surface area (Å²) >= 11 is 0. The van der Waals surface area contributed by atoms with Crippen molar-refractivity contribution in [3.8, 4) is 0 Å². The van der Waals surface area contributed by atoms with Gasteiger partial charge in [0.1, 0.15) is 0 Å². The first-order valence-electron chi connectivity index (χ1n) is 7.21. The summed E-state index contributed by atoms with van der Waals surface area (Å²) in [5, 5.41) is 0. The number of pyridine rings is 1. The van der Waals surface area contributed by atoms with Gasteiger partial charge in [-0.3, -0.25) is 9.78 Å². The highest BCUT2D eigenvalue weighted by Crippen LogP contribution is 2.33. The second-order valence-corrected chi connectivity index (χ2v) is 5.65. The highest BCUT2D eigenvalue weighted by atomic mass is 16.2. The van der Waals surface area contributed by atoms with E-state index in [1.54, 1.807) is 0 Å². The van der Waals surface area contributed by atoms with Gasteiger partial charge in [0.05, 0.1) is 0 Å². The van der Waals surface area contributed by atoms with Gasteiger partial charge in [0.25, 0.3) is 0 Å². The van der Waals surface area contributed by atoms with E-state index in [9.17, 15) is 4.79 Å². The van der Waals surface area contributed by atoms with Gasteiger partial charge in [0, 0.05) is 37.3 Å². The molecule has 4 nitrogen and oxygen atoms in total. The number of carbonyl (C=O) groups is 1. The number of nitrogens with two attached hydrogens (primary N) is 1. The zero-order valence-electron chi connectivity index (χ0n) is 11.2. The fourth-order valence-corrected chi connectivity index (χ4v) is 3.43. The molecule has 1 aromatic rings. The molecule has 0 bridgehead atoms. The van der Waals surface area contributed by atoms with Crippen molar-refractivity contribution in [2.45, 2.75) is 32.2 Å². The maximum atomic E-state index is 12.6. The lowest BCUT2D eigenvalue weighted by Crippen LogP contribution is -2.42. The van der Waals surface area contributed by atoms with Crippen LogP contribution in [0.1, 0.15) is 30.5 Å². The fraction of sp³-hybridized carbons (Fsp3) is 0.600. The normalized spacial score (nSPS) is 26.3. The Morgan fingerprint density at radius 3 is 3.21 bits per heavy atom. The lowest BCUT2D eigenvalue weighted by molar-refractivity contribution is -0.137. The van der Waals surface area contributed by atoms with E-state index in [1.165, 1.54) is 5.56 Å². The summed E-state index contributed by atoms with van der Waals surface area (Å²) in [5.41, 5.74) is 8.13. The maximum Gasteiger partial charge on any atom is 0.226 e. The van der Waals surface area contributed by atoms with E-state index in [0.29, 0.717) is 18.4 Å². The molecule has 1 aliphatic heterocycles. The Bertz CT molecular complexity index is 474. The van der Waals surface area contributed by atoms with Gasteiger partial charge < -0.3 is 10.6 Å². The Kier molecular flexibility index (Phi) is 3.51. The third-order valence-electron chi connectivity index (χ3n) is 4.55. The topological polar surface area (TPSA) is 59.2 Å². The van der Waals surface area contributed by atoms with Crippen molar-refractivity contribution < 1.29 is 4.79 Å². The number of aromatic nitrogens is 1. The molecule has 0 saturated heterocycles. The van der Waals surface area contributed by atoms with E-state index >= 15 is 0 Å². The smallest absolute Gasteiger partial charge is 0.226 e. The van der Waals surface area contributed by atoms with Crippen molar-refractivity contribution in [1.82, 2.24) is 9.88 Å². The average Bonchev–Trinajstić information content (AvgIpc) is 2.94. The van der Waals surface area contributed by atoms with Crippen molar-refractivity contribution in [2.24, 2.45) is 17.6 Å². The predicted molar refractivity (Wildman–Crippen MR) is 73.2 cm³/mol. The quantitative estimate of drug-likeness (QED) is 0.872. The highest BCUT2D eigenvalue weighted by molar-refractivity contribution is 5.79. The van der Waals surface area contributed by atoms with Crippen molar-refractivity contribution in [1.29, 1.82) is 0 Å². The Hall–Kier alpha value is -1.42. The molecule has 1 aliphatic carbocycles. The Labute approximate surface area is 114 Å². The van der Waals surface area contributed by atoms with Gasteiger partial charge in [0.15, 0.2) is 0 Å². The average molecular weight is 259 g/mol. The Balaban J connectivity index is 1.72. The van der Waals surface area contributed by atoms with Gasteiger partial charge in [-0.25, -0.2) is 0 Å². The third kappa shape index (κ3) is 2.37. The first kappa shape index (κ1) is 12.6. The molecule has 2 heterocycles. The third-order valence-corrected chi connectivity index (χ3v) is 4.55. The van der Waals surface area contributed by atoms with E-state index in [0.717, 1.165) is 44.5 Å². The Morgan fingerprint density at radius 1 is 1.47 bits per heavy atom. The summed E-state index contributed by atoms with van der Waals surface area (Å²) < 4.78 is 0. The van der Waals surface area contributed by atoms with Gasteiger partial charge in [0.2, 0.25) is 5.91 Å². The standard InChI is InChI=1S/C15H21N3O/c16-9-11-3-1-5-13(11)15(19)18-8-6-14-12(10-18)4-2-7-17-14/h2,4,7,11,13H,1,3,5-6,8-10,16H2. The zero-order chi connectivity index (χ0) is 13.2. The molecule has 2 atom stereocenters. The van der Waals surface area contributed by atoms with Gasteiger partial charge >= 0.3 is 0 Å². The van der Waals surface area contributed by atoms with Crippen molar-refractivity contribution >= 4 is 5.91 Å². The first-order valence-corrected chi connectivity index (χ1v) is 7.21. The van der Waals surface area contributed by atoms with Crippen LogP contribution in [0.4, 0.5) is 0 Å². The zero-order valence-corrected chi connectivity index (χ0v) is 11.2. The van der Waals surface area contributed by atoms with Crippen LogP contribution < -0.4 is 5.73 Å². The number of hydrogen-bond acceptors (Lipinski definition) is 3. The molecule has 4 heteroatoms. The van der Waals surface area contributed by atoms with E-state index in [-0.39, 0.29) is 5.92 Å². The number of fused-ring (bicyclic) bond motifs is 1. The minimum absolute atomic E-state index is 0.156. The van der Waals surface area contributed by atoms with Gasteiger partial charge in [-0.15, -0.1) is 0 Å². The number of nitrogens with zero attached hydrogens (tertiary/aromatic N) is 2. The summed E-state index contributed by atoms with van der Waals surface area (Å²) in [7, 11) is 0. The fourth-order valence-electron chi connectivity index (χ4n) is 3.43. The van der Waals surface area contributed by atoms with E-state index in [2.05, 4.69) is 11.1 Å². The molecule has 2 unspecified atom stereocenters. The Morgan fingerprint density at radius 2 is 2.37 bits per heavy atom. The van der Waals surface area contributed by atoms with E-state index < -0.39 is 0 Å². The summed E-state index contributed by atoms with van der Waals surface area (Å²) in [4.78, 5) is 19.0. The first-order chi connectivity index (χ1) is 9.29. The summed E-state index contributed by atoms with van der Waals surface area (Å²) in [5.74, 6) is 0.855.